The van der Waals surface area contributed by atoms with E-state index in [2.05, 4.69) is 6.92 Å². The highest BCUT2D eigenvalue weighted by Crippen LogP contribution is 2.34. The van der Waals surface area contributed by atoms with Crippen LogP contribution >= 0.6 is 0 Å². The summed E-state index contributed by atoms with van der Waals surface area (Å²) in [5.74, 6) is 0.118. The number of benzene rings is 3. The van der Waals surface area contributed by atoms with Gasteiger partial charge in [-0.25, -0.2) is 9.59 Å². The first-order chi connectivity index (χ1) is 24.4. The number of hydrogen-bond donors (Lipinski definition) is 0. The number of unbranched alkanes of at least 4 members (excludes halogenated alkanes) is 8. The zero-order valence-electron chi connectivity index (χ0n) is 30.6. The summed E-state index contributed by atoms with van der Waals surface area (Å²) in [7, 11) is 0. The van der Waals surface area contributed by atoms with E-state index in [0.29, 0.717) is 6.61 Å². The zero-order chi connectivity index (χ0) is 35.4. The van der Waals surface area contributed by atoms with E-state index in [1.54, 1.807) is 12.1 Å². The van der Waals surface area contributed by atoms with Crippen molar-refractivity contribution in [3.8, 4) is 28.0 Å². The van der Waals surface area contributed by atoms with E-state index in [1.807, 2.05) is 74.5 Å². The predicted octanol–water partition coefficient (Wildman–Crippen LogP) is 11.4. The van der Waals surface area contributed by atoms with Crippen molar-refractivity contribution in [2.45, 2.75) is 122 Å². The molecule has 3 aromatic carbocycles. The van der Waals surface area contributed by atoms with Gasteiger partial charge in [0.2, 0.25) is 0 Å². The molecule has 1 aliphatic rings. The van der Waals surface area contributed by atoms with Gasteiger partial charge in [-0.3, -0.25) is 0 Å². The molecular formula is C43H58O7. The fourth-order valence-corrected chi connectivity index (χ4v) is 6.30. The smallest absolute Gasteiger partial charge is 0.494 e. The molecule has 1 saturated heterocycles. The molecule has 0 aliphatic carbocycles. The Labute approximate surface area is 300 Å². The zero-order valence-corrected chi connectivity index (χ0v) is 30.6. The average molecular weight is 687 g/mol. The minimum atomic E-state index is -0.948. The summed E-state index contributed by atoms with van der Waals surface area (Å²) in [5.41, 5.74) is 4.07. The molecule has 1 fully saturated rings. The summed E-state index contributed by atoms with van der Waals surface area (Å²) in [4.78, 5) is 25.4. The molecule has 1 heterocycles. The molecule has 50 heavy (non-hydrogen) atoms. The molecule has 0 N–H and O–H groups in total. The van der Waals surface area contributed by atoms with Crippen molar-refractivity contribution in [2.75, 3.05) is 26.4 Å². The molecule has 272 valence electrons. The molecular weight excluding hydrogens is 628 g/mol. The van der Waals surface area contributed by atoms with Crippen LogP contribution in [-0.2, 0) is 18.9 Å². The van der Waals surface area contributed by atoms with Crippen LogP contribution in [0.2, 0.25) is 0 Å². The monoisotopic (exact) mass is 686 g/mol. The van der Waals surface area contributed by atoms with E-state index in [1.165, 1.54) is 44.9 Å². The highest BCUT2D eigenvalue weighted by atomic mass is 16.7. The molecule has 7 nitrogen and oxygen atoms in total. The molecule has 1 atom stereocenters. The van der Waals surface area contributed by atoms with Crippen molar-refractivity contribution in [3.05, 3.63) is 78.4 Å². The Balaban J connectivity index is 1.18. The molecule has 1 unspecified atom stereocenters. The number of rotatable bonds is 23. The minimum Gasteiger partial charge on any atom is -0.494 e. The third-order valence-electron chi connectivity index (χ3n) is 9.36. The summed E-state index contributed by atoms with van der Waals surface area (Å²) < 4.78 is 27.9. The van der Waals surface area contributed by atoms with Gasteiger partial charge < -0.3 is 23.7 Å². The summed E-state index contributed by atoms with van der Waals surface area (Å²) in [6.45, 7) is 9.36. The van der Waals surface area contributed by atoms with Crippen LogP contribution in [0.3, 0.4) is 0 Å². The molecule has 0 saturated carbocycles. The van der Waals surface area contributed by atoms with Gasteiger partial charge in [-0.15, -0.1) is 0 Å². The highest BCUT2D eigenvalue weighted by molar-refractivity contribution is 5.98. The Morgan fingerprint density at radius 2 is 1.34 bits per heavy atom. The number of hydrogen-bond acceptors (Lipinski definition) is 7. The molecule has 1 aliphatic heterocycles. The second-order valence-electron chi connectivity index (χ2n) is 13.7. The van der Waals surface area contributed by atoms with E-state index >= 15 is 0 Å². The number of carbonyl (C=O) groups excluding carboxylic acids is 2. The van der Waals surface area contributed by atoms with Gasteiger partial charge >= 0.3 is 12.1 Å². The van der Waals surface area contributed by atoms with E-state index < -0.39 is 12.1 Å². The van der Waals surface area contributed by atoms with Crippen molar-refractivity contribution < 1.29 is 33.3 Å². The molecule has 7 heteroatoms. The quantitative estimate of drug-likeness (QED) is 0.0558. The Hall–Kier alpha value is -3.68. The standard InChI is InChI=1S/C43H58O7/c1-4-18-38(19-5-2)49-42(45)50-41(44)36-24-27-39(40(32-36)34-20-14-13-15-21-34)35-22-25-37(26-23-35)47-30-17-12-10-8-6-7-9-11-16-29-46-33-43(3)28-31-48-43/h13-15,20-27,32,38H,4-12,16-19,28-31,33H2,1-3H3. The number of ether oxygens (including phenoxy) is 5. The molecule has 3 aromatic rings. The molecule has 0 amide bonds. The molecule has 0 bridgehead atoms. The van der Waals surface area contributed by atoms with Crippen LogP contribution < -0.4 is 4.74 Å². The maximum Gasteiger partial charge on any atom is 0.516 e. The number of esters is 1. The van der Waals surface area contributed by atoms with Crippen LogP contribution in [0.25, 0.3) is 22.3 Å². The molecule has 0 spiro atoms. The topological polar surface area (TPSA) is 80.3 Å². The summed E-state index contributed by atoms with van der Waals surface area (Å²) >= 11 is 0. The lowest BCUT2D eigenvalue weighted by atomic mass is 9.93. The maximum atomic E-state index is 13.0. The van der Waals surface area contributed by atoms with Crippen molar-refractivity contribution >= 4 is 12.1 Å². The third kappa shape index (κ3) is 13.2. The molecule has 4 rings (SSSR count). The van der Waals surface area contributed by atoms with E-state index in [9.17, 15) is 9.59 Å². The maximum absolute atomic E-state index is 13.0. The lowest BCUT2D eigenvalue weighted by Gasteiger charge is -2.38. The lowest BCUT2D eigenvalue weighted by molar-refractivity contribution is -0.169. The van der Waals surface area contributed by atoms with Crippen LogP contribution in [0, 0.1) is 0 Å². The predicted molar refractivity (Wildman–Crippen MR) is 200 cm³/mol. The normalized spacial score (nSPS) is 15.4. The van der Waals surface area contributed by atoms with E-state index in [0.717, 1.165) is 92.8 Å². The van der Waals surface area contributed by atoms with Crippen molar-refractivity contribution in [3.63, 3.8) is 0 Å². The average Bonchev–Trinajstić information content (AvgIpc) is 3.11. The molecule has 0 radical (unpaired) electrons. The fourth-order valence-electron chi connectivity index (χ4n) is 6.30. The van der Waals surface area contributed by atoms with Gasteiger partial charge in [0.1, 0.15) is 11.9 Å². The van der Waals surface area contributed by atoms with Gasteiger partial charge in [-0.2, -0.15) is 0 Å². The summed E-state index contributed by atoms with van der Waals surface area (Å²) in [6.07, 6.45) is 14.2. The first kappa shape index (κ1) is 39.1. The minimum absolute atomic E-state index is 0.0221. The van der Waals surface area contributed by atoms with E-state index in [-0.39, 0.29) is 17.3 Å². The van der Waals surface area contributed by atoms with Crippen LogP contribution in [-0.4, -0.2) is 50.3 Å². The second kappa shape index (κ2) is 21.5. The lowest BCUT2D eigenvalue weighted by Crippen LogP contribution is -2.44. The molecule has 0 aromatic heterocycles. The summed E-state index contributed by atoms with van der Waals surface area (Å²) in [5, 5.41) is 0. The highest BCUT2D eigenvalue weighted by Gasteiger charge is 2.33. The van der Waals surface area contributed by atoms with Gasteiger partial charge in [0, 0.05) is 13.0 Å². The first-order valence-electron chi connectivity index (χ1n) is 19.0. The Morgan fingerprint density at radius 3 is 1.94 bits per heavy atom. The van der Waals surface area contributed by atoms with Gasteiger partial charge in [0.05, 0.1) is 31.0 Å². The van der Waals surface area contributed by atoms with Gasteiger partial charge in [-0.05, 0) is 79.1 Å². The number of carbonyl (C=O) groups is 2. The third-order valence-corrected chi connectivity index (χ3v) is 9.36. The second-order valence-corrected chi connectivity index (χ2v) is 13.7. The van der Waals surface area contributed by atoms with Gasteiger partial charge in [0.15, 0.2) is 0 Å². The Kier molecular flexibility index (Phi) is 16.8. The summed E-state index contributed by atoms with van der Waals surface area (Å²) in [6, 6.07) is 23.4. The van der Waals surface area contributed by atoms with Crippen molar-refractivity contribution in [1.82, 2.24) is 0 Å². The Bertz CT molecular complexity index is 1410. The largest absolute Gasteiger partial charge is 0.516 e. The van der Waals surface area contributed by atoms with Crippen LogP contribution in [0.5, 0.6) is 5.75 Å². The first-order valence-corrected chi connectivity index (χ1v) is 19.0. The Morgan fingerprint density at radius 1 is 0.740 bits per heavy atom. The van der Waals surface area contributed by atoms with Crippen LogP contribution in [0.15, 0.2) is 72.8 Å². The fraction of sp³-hybridized carbons (Fsp3) is 0.535. The van der Waals surface area contributed by atoms with Gasteiger partial charge in [-0.1, -0.05) is 120 Å². The van der Waals surface area contributed by atoms with Gasteiger partial charge in [0.25, 0.3) is 0 Å². The van der Waals surface area contributed by atoms with Crippen LogP contribution in [0.1, 0.15) is 121 Å². The SMILES string of the molecule is CCCC(CCC)OC(=O)OC(=O)c1ccc(-c2ccc(OCCCCCCCCCCCOCC3(C)CCO3)cc2)c(-c2ccccc2)c1. The van der Waals surface area contributed by atoms with Crippen LogP contribution in [0.4, 0.5) is 4.79 Å². The van der Waals surface area contributed by atoms with Crippen molar-refractivity contribution in [1.29, 1.82) is 0 Å². The van der Waals surface area contributed by atoms with E-state index in [4.69, 9.17) is 23.7 Å². The van der Waals surface area contributed by atoms with Crippen molar-refractivity contribution in [2.24, 2.45) is 0 Å².